The molecule has 0 saturated carbocycles. The van der Waals surface area contributed by atoms with Gasteiger partial charge in [-0.2, -0.15) is 0 Å². The molecule has 21 heavy (non-hydrogen) atoms. The Morgan fingerprint density at radius 3 is 2.52 bits per heavy atom. The van der Waals surface area contributed by atoms with Crippen LogP contribution in [0.3, 0.4) is 0 Å². The predicted molar refractivity (Wildman–Crippen MR) is 79.0 cm³/mol. The molecule has 1 rings (SSSR count). The van der Waals surface area contributed by atoms with E-state index in [4.69, 9.17) is 9.84 Å². The van der Waals surface area contributed by atoms with Crippen LogP contribution in [0.15, 0.2) is 29.2 Å². The van der Waals surface area contributed by atoms with Crippen LogP contribution in [-0.2, 0) is 14.6 Å². The Morgan fingerprint density at radius 1 is 1.29 bits per heavy atom. The first-order chi connectivity index (χ1) is 9.97. The van der Waals surface area contributed by atoms with E-state index in [0.717, 1.165) is 0 Å². The van der Waals surface area contributed by atoms with Gasteiger partial charge in [-0.1, -0.05) is 19.1 Å². The molecule has 6 nitrogen and oxygen atoms in total. The molecule has 1 aromatic rings. The summed E-state index contributed by atoms with van der Waals surface area (Å²) < 4.78 is 29.1. The van der Waals surface area contributed by atoms with Gasteiger partial charge in [0.2, 0.25) is 0 Å². The first-order valence-corrected chi connectivity index (χ1v) is 8.34. The van der Waals surface area contributed by atoms with Crippen molar-refractivity contribution in [3.05, 3.63) is 29.8 Å². The Labute approximate surface area is 125 Å². The molecule has 7 heteroatoms. The Hall–Kier alpha value is -1.44. The minimum absolute atomic E-state index is 0.0258. The molecule has 1 aromatic carbocycles. The molecule has 1 N–H and O–H groups in total. The van der Waals surface area contributed by atoms with E-state index in [1.54, 1.807) is 12.1 Å². The third-order valence-corrected chi connectivity index (χ3v) is 4.84. The molecule has 0 aromatic heterocycles. The lowest BCUT2D eigenvalue weighted by atomic mass is 10.2. The first-order valence-electron chi connectivity index (χ1n) is 6.68. The van der Waals surface area contributed by atoms with E-state index >= 15 is 0 Å². The van der Waals surface area contributed by atoms with E-state index in [0.29, 0.717) is 6.61 Å². The number of methoxy groups -OCH3 is 1. The van der Waals surface area contributed by atoms with Gasteiger partial charge in [-0.05, 0) is 12.1 Å². The average Bonchev–Trinajstić information content (AvgIpc) is 2.50. The highest BCUT2D eigenvalue weighted by Gasteiger charge is 2.23. The van der Waals surface area contributed by atoms with Crippen molar-refractivity contribution in [2.75, 3.05) is 39.2 Å². The van der Waals surface area contributed by atoms with Crippen LogP contribution in [0.2, 0.25) is 0 Å². The van der Waals surface area contributed by atoms with Gasteiger partial charge in [0.05, 0.1) is 29.4 Å². The van der Waals surface area contributed by atoms with Gasteiger partial charge in [0.1, 0.15) is 0 Å². The number of hydrogen-bond acceptors (Lipinski definition) is 5. The lowest BCUT2D eigenvalue weighted by Crippen LogP contribution is -2.36. The summed E-state index contributed by atoms with van der Waals surface area (Å²) in [6.07, 6.45) is 0. The highest BCUT2D eigenvalue weighted by Crippen LogP contribution is 2.18. The summed E-state index contributed by atoms with van der Waals surface area (Å²) in [4.78, 5) is 13.9. The standard InChI is InChI=1S/C14H21NO5S/c1-3-21(18,19)13-7-5-4-6-12(13)14(17)15(8-10-16)9-11-20-2/h4-7,16H,3,8-11H2,1-2H3. The highest BCUT2D eigenvalue weighted by atomic mass is 32.2. The minimum Gasteiger partial charge on any atom is -0.395 e. The minimum atomic E-state index is -3.48. The normalized spacial score (nSPS) is 11.4. The number of ether oxygens (including phenoxy) is 1. The van der Waals surface area contributed by atoms with Crippen LogP contribution in [0.4, 0.5) is 0 Å². The van der Waals surface area contributed by atoms with E-state index < -0.39 is 15.7 Å². The number of nitrogens with zero attached hydrogens (tertiary/aromatic N) is 1. The van der Waals surface area contributed by atoms with E-state index in [2.05, 4.69) is 0 Å². The van der Waals surface area contributed by atoms with Crippen molar-refractivity contribution in [3.63, 3.8) is 0 Å². The fraction of sp³-hybridized carbons (Fsp3) is 0.500. The van der Waals surface area contributed by atoms with Gasteiger partial charge in [0.25, 0.3) is 5.91 Å². The first kappa shape index (κ1) is 17.6. The molecule has 118 valence electrons. The number of amides is 1. The topological polar surface area (TPSA) is 83.9 Å². The van der Waals surface area contributed by atoms with Crippen molar-refractivity contribution < 1.29 is 23.1 Å². The summed E-state index contributed by atoms with van der Waals surface area (Å²) in [5, 5.41) is 9.05. The fourth-order valence-electron chi connectivity index (χ4n) is 1.88. The van der Waals surface area contributed by atoms with Crippen LogP contribution in [0, 0.1) is 0 Å². The van der Waals surface area contributed by atoms with Gasteiger partial charge in [0, 0.05) is 20.2 Å². The molecule has 0 aliphatic carbocycles. The second-order valence-corrected chi connectivity index (χ2v) is 6.65. The summed E-state index contributed by atoms with van der Waals surface area (Å²) in [7, 11) is -1.97. The van der Waals surface area contributed by atoms with Crippen molar-refractivity contribution in [1.82, 2.24) is 4.90 Å². The van der Waals surface area contributed by atoms with Gasteiger partial charge in [-0.3, -0.25) is 4.79 Å². The van der Waals surface area contributed by atoms with Crippen LogP contribution >= 0.6 is 0 Å². The zero-order valence-electron chi connectivity index (χ0n) is 12.3. The monoisotopic (exact) mass is 315 g/mol. The number of carbonyl (C=O) groups excluding carboxylic acids is 1. The summed E-state index contributed by atoms with van der Waals surface area (Å²) in [6, 6.07) is 6.13. The molecule has 0 atom stereocenters. The largest absolute Gasteiger partial charge is 0.395 e. The number of rotatable bonds is 8. The van der Waals surface area contributed by atoms with E-state index in [1.165, 1.54) is 31.1 Å². The summed E-state index contributed by atoms with van der Waals surface area (Å²) in [5.41, 5.74) is 0.129. The molecule has 0 radical (unpaired) electrons. The Bertz CT molecular complexity index is 570. The van der Waals surface area contributed by atoms with Crippen LogP contribution in [0.25, 0.3) is 0 Å². The third-order valence-electron chi connectivity index (χ3n) is 3.06. The third kappa shape index (κ3) is 4.52. The van der Waals surface area contributed by atoms with Crippen molar-refractivity contribution in [2.45, 2.75) is 11.8 Å². The van der Waals surface area contributed by atoms with Gasteiger partial charge >= 0.3 is 0 Å². The van der Waals surface area contributed by atoms with Crippen LogP contribution in [0.1, 0.15) is 17.3 Å². The van der Waals surface area contributed by atoms with Crippen LogP contribution < -0.4 is 0 Å². The van der Waals surface area contributed by atoms with Crippen molar-refractivity contribution in [1.29, 1.82) is 0 Å². The number of sulfone groups is 1. The fourth-order valence-corrected chi connectivity index (χ4v) is 2.96. The Kier molecular flexibility index (Phi) is 6.80. The molecule has 0 heterocycles. The number of benzene rings is 1. The van der Waals surface area contributed by atoms with E-state index in [9.17, 15) is 13.2 Å². The van der Waals surface area contributed by atoms with Crippen LogP contribution in [-0.4, -0.2) is 63.5 Å². The van der Waals surface area contributed by atoms with Crippen molar-refractivity contribution >= 4 is 15.7 Å². The second kappa shape index (κ2) is 8.11. The zero-order chi connectivity index (χ0) is 15.9. The molecule has 1 amide bonds. The zero-order valence-corrected chi connectivity index (χ0v) is 13.1. The molecule has 0 fully saturated rings. The van der Waals surface area contributed by atoms with E-state index in [-0.39, 0.29) is 35.9 Å². The highest BCUT2D eigenvalue weighted by molar-refractivity contribution is 7.91. The molecule has 0 bridgehead atoms. The SMILES string of the molecule is CCS(=O)(=O)c1ccccc1C(=O)N(CCO)CCOC. The number of aliphatic hydroxyl groups is 1. The maximum atomic E-state index is 12.5. The lowest BCUT2D eigenvalue weighted by Gasteiger charge is -2.22. The van der Waals surface area contributed by atoms with Crippen LogP contribution in [0.5, 0.6) is 0 Å². The lowest BCUT2D eigenvalue weighted by molar-refractivity contribution is 0.0653. The molecule has 0 unspecified atom stereocenters. The van der Waals surface area contributed by atoms with Gasteiger partial charge < -0.3 is 14.7 Å². The number of aliphatic hydroxyl groups excluding tert-OH is 1. The summed E-state index contributed by atoms with van der Waals surface area (Å²) in [5.74, 6) is -0.497. The quantitative estimate of drug-likeness (QED) is 0.758. The van der Waals surface area contributed by atoms with E-state index in [1.807, 2.05) is 0 Å². The molecule has 0 aliphatic heterocycles. The number of carbonyl (C=O) groups is 1. The van der Waals surface area contributed by atoms with Crippen molar-refractivity contribution in [3.8, 4) is 0 Å². The average molecular weight is 315 g/mol. The summed E-state index contributed by atoms with van der Waals surface area (Å²) in [6.45, 7) is 2.07. The maximum Gasteiger partial charge on any atom is 0.255 e. The smallest absolute Gasteiger partial charge is 0.255 e. The number of hydrogen-bond donors (Lipinski definition) is 1. The Balaban J connectivity index is 3.16. The van der Waals surface area contributed by atoms with Gasteiger partial charge in [0.15, 0.2) is 9.84 Å². The van der Waals surface area contributed by atoms with Crippen molar-refractivity contribution in [2.24, 2.45) is 0 Å². The molecule has 0 spiro atoms. The predicted octanol–water partition coefficient (Wildman–Crippen LogP) is 0.561. The summed E-state index contributed by atoms with van der Waals surface area (Å²) >= 11 is 0. The molecular formula is C14H21NO5S. The molecular weight excluding hydrogens is 294 g/mol. The second-order valence-electron chi connectivity index (χ2n) is 4.41. The van der Waals surface area contributed by atoms with Gasteiger partial charge in [-0.25, -0.2) is 8.42 Å². The molecule has 0 aliphatic rings. The Morgan fingerprint density at radius 2 is 1.95 bits per heavy atom. The molecule has 0 saturated heterocycles. The van der Waals surface area contributed by atoms with Gasteiger partial charge in [-0.15, -0.1) is 0 Å². The maximum absolute atomic E-state index is 12.5.